The van der Waals surface area contributed by atoms with E-state index in [9.17, 15) is 9.90 Å². The quantitative estimate of drug-likeness (QED) is 0.611. The Morgan fingerprint density at radius 2 is 2.06 bits per heavy atom. The normalized spacial score (nSPS) is 16.9. The van der Waals surface area contributed by atoms with E-state index in [1.165, 1.54) is 0 Å². The number of amides is 1. The first-order valence-electron chi connectivity index (χ1n) is 6.03. The second kappa shape index (κ2) is 6.86. The summed E-state index contributed by atoms with van der Waals surface area (Å²) < 4.78 is 0. The summed E-state index contributed by atoms with van der Waals surface area (Å²) in [6.07, 6.45) is 1.90. The van der Waals surface area contributed by atoms with Crippen molar-refractivity contribution >= 4 is 5.91 Å². The maximum atomic E-state index is 11.5. The first kappa shape index (κ1) is 15.4. The van der Waals surface area contributed by atoms with E-state index in [0.717, 1.165) is 6.42 Å². The Labute approximate surface area is 98.6 Å². The highest BCUT2D eigenvalue weighted by atomic mass is 16.3. The summed E-state index contributed by atoms with van der Waals surface area (Å²) in [5, 5.41) is 12.6. The van der Waals surface area contributed by atoms with Gasteiger partial charge >= 0.3 is 0 Å². The van der Waals surface area contributed by atoms with Gasteiger partial charge in [-0.1, -0.05) is 27.2 Å². The zero-order valence-electron chi connectivity index (χ0n) is 10.9. The SMILES string of the molecule is CCCC(C)(O)CNC(=O)CC(N)C(C)C. The molecule has 2 unspecified atom stereocenters. The minimum atomic E-state index is -0.813. The number of carbonyl (C=O) groups is 1. The van der Waals surface area contributed by atoms with E-state index in [2.05, 4.69) is 5.32 Å². The van der Waals surface area contributed by atoms with Crippen molar-refractivity contribution in [1.82, 2.24) is 5.32 Å². The van der Waals surface area contributed by atoms with Crippen LogP contribution in [0.3, 0.4) is 0 Å². The minimum Gasteiger partial charge on any atom is -0.388 e. The highest BCUT2D eigenvalue weighted by Gasteiger charge is 2.20. The Bertz CT molecular complexity index is 215. The van der Waals surface area contributed by atoms with E-state index in [4.69, 9.17) is 5.73 Å². The van der Waals surface area contributed by atoms with Crippen LogP contribution in [0.1, 0.15) is 47.0 Å². The zero-order valence-corrected chi connectivity index (χ0v) is 10.9. The molecule has 4 heteroatoms. The van der Waals surface area contributed by atoms with E-state index in [1.807, 2.05) is 20.8 Å². The molecule has 0 fully saturated rings. The Morgan fingerprint density at radius 1 is 1.50 bits per heavy atom. The average molecular weight is 230 g/mol. The highest BCUT2D eigenvalue weighted by Crippen LogP contribution is 2.10. The van der Waals surface area contributed by atoms with Crippen molar-refractivity contribution in [3.05, 3.63) is 0 Å². The molecule has 96 valence electrons. The van der Waals surface area contributed by atoms with E-state index in [1.54, 1.807) is 6.92 Å². The Kier molecular flexibility index (Phi) is 6.60. The van der Waals surface area contributed by atoms with Gasteiger partial charge in [0.05, 0.1) is 5.60 Å². The summed E-state index contributed by atoms with van der Waals surface area (Å²) >= 11 is 0. The third-order valence-electron chi connectivity index (χ3n) is 2.73. The lowest BCUT2D eigenvalue weighted by atomic mass is 9.99. The molecular weight excluding hydrogens is 204 g/mol. The van der Waals surface area contributed by atoms with Gasteiger partial charge < -0.3 is 16.2 Å². The zero-order chi connectivity index (χ0) is 12.8. The van der Waals surface area contributed by atoms with Gasteiger partial charge in [0.1, 0.15) is 0 Å². The van der Waals surface area contributed by atoms with E-state index in [-0.39, 0.29) is 11.9 Å². The van der Waals surface area contributed by atoms with Gasteiger partial charge in [0.15, 0.2) is 0 Å². The maximum absolute atomic E-state index is 11.5. The van der Waals surface area contributed by atoms with Crippen molar-refractivity contribution in [2.24, 2.45) is 11.7 Å². The van der Waals surface area contributed by atoms with Crippen LogP contribution in [0.4, 0.5) is 0 Å². The molecule has 2 atom stereocenters. The fraction of sp³-hybridized carbons (Fsp3) is 0.917. The Morgan fingerprint density at radius 3 is 2.50 bits per heavy atom. The third-order valence-corrected chi connectivity index (χ3v) is 2.73. The van der Waals surface area contributed by atoms with Gasteiger partial charge in [-0.25, -0.2) is 0 Å². The average Bonchev–Trinajstić information content (AvgIpc) is 2.14. The lowest BCUT2D eigenvalue weighted by molar-refractivity contribution is -0.122. The van der Waals surface area contributed by atoms with Crippen molar-refractivity contribution in [2.45, 2.75) is 58.6 Å². The van der Waals surface area contributed by atoms with Gasteiger partial charge in [-0.05, 0) is 19.3 Å². The summed E-state index contributed by atoms with van der Waals surface area (Å²) in [6, 6.07) is -0.115. The summed E-state index contributed by atoms with van der Waals surface area (Å²) in [7, 11) is 0. The van der Waals surface area contributed by atoms with E-state index >= 15 is 0 Å². The van der Waals surface area contributed by atoms with Gasteiger partial charge in [0, 0.05) is 19.0 Å². The largest absolute Gasteiger partial charge is 0.388 e. The molecule has 0 aliphatic carbocycles. The standard InChI is InChI=1S/C12H26N2O2/c1-5-6-12(4,16)8-14-11(15)7-10(13)9(2)3/h9-10,16H,5-8,13H2,1-4H3,(H,14,15). The Balaban J connectivity index is 3.89. The highest BCUT2D eigenvalue weighted by molar-refractivity contribution is 5.76. The second-order valence-electron chi connectivity index (χ2n) is 5.14. The molecule has 0 spiro atoms. The second-order valence-corrected chi connectivity index (χ2v) is 5.14. The number of aliphatic hydroxyl groups is 1. The van der Waals surface area contributed by atoms with Crippen molar-refractivity contribution in [1.29, 1.82) is 0 Å². The van der Waals surface area contributed by atoms with Crippen molar-refractivity contribution < 1.29 is 9.90 Å². The van der Waals surface area contributed by atoms with Crippen LogP contribution in [-0.4, -0.2) is 29.2 Å². The number of nitrogens with two attached hydrogens (primary N) is 1. The van der Waals surface area contributed by atoms with Gasteiger partial charge in [-0.3, -0.25) is 4.79 Å². The smallest absolute Gasteiger partial charge is 0.221 e. The number of hydrogen-bond donors (Lipinski definition) is 3. The molecule has 0 aromatic carbocycles. The molecule has 0 radical (unpaired) electrons. The lowest BCUT2D eigenvalue weighted by Gasteiger charge is -2.23. The molecule has 1 amide bonds. The predicted molar refractivity (Wildman–Crippen MR) is 66.0 cm³/mol. The van der Waals surface area contributed by atoms with Crippen molar-refractivity contribution in [3.8, 4) is 0 Å². The number of hydrogen-bond acceptors (Lipinski definition) is 3. The predicted octanol–water partition coefficient (Wildman–Crippen LogP) is 1.03. The number of carbonyl (C=O) groups excluding carboxylic acids is 1. The molecule has 0 saturated heterocycles. The van der Waals surface area contributed by atoms with Crippen LogP contribution in [0.25, 0.3) is 0 Å². The molecular formula is C12H26N2O2. The lowest BCUT2D eigenvalue weighted by Crippen LogP contribution is -2.42. The van der Waals surface area contributed by atoms with Gasteiger partial charge in [-0.15, -0.1) is 0 Å². The molecule has 0 aromatic heterocycles. The Hall–Kier alpha value is -0.610. The summed E-state index contributed by atoms with van der Waals surface area (Å²) in [5.41, 5.74) is 4.98. The van der Waals surface area contributed by atoms with Crippen LogP contribution in [0.2, 0.25) is 0 Å². The minimum absolute atomic E-state index is 0.0856. The maximum Gasteiger partial charge on any atom is 0.221 e. The summed E-state index contributed by atoms with van der Waals surface area (Å²) in [5.74, 6) is 0.208. The van der Waals surface area contributed by atoms with Crippen LogP contribution in [0, 0.1) is 5.92 Å². The molecule has 0 saturated carbocycles. The van der Waals surface area contributed by atoms with Crippen LogP contribution in [0.5, 0.6) is 0 Å². The van der Waals surface area contributed by atoms with Gasteiger partial charge in [0.25, 0.3) is 0 Å². The molecule has 0 aromatic rings. The fourth-order valence-electron chi connectivity index (χ4n) is 1.44. The summed E-state index contributed by atoms with van der Waals surface area (Å²) in [4.78, 5) is 11.5. The molecule has 0 rings (SSSR count). The van der Waals surface area contributed by atoms with Crippen molar-refractivity contribution in [2.75, 3.05) is 6.54 Å². The van der Waals surface area contributed by atoms with E-state index in [0.29, 0.717) is 25.3 Å². The summed E-state index contributed by atoms with van der Waals surface area (Å²) in [6.45, 7) is 8.02. The number of nitrogens with one attached hydrogen (secondary N) is 1. The van der Waals surface area contributed by atoms with Crippen LogP contribution < -0.4 is 11.1 Å². The molecule has 0 aliphatic heterocycles. The van der Waals surface area contributed by atoms with Crippen LogP contribution in [0.15, 0.2) is 0 Å². The van der Waals surface area contributed by atoms with Gasteiger partial charge in [-0.2, -0.15) is 0 Å². The molecule has 0 bridgehead atoms. The van der Waals surface area contributed by atoms with Crippen LogP contribution in [-0.2, 0) is 4.79 Å². The topological polar surface area (TPSA) is 75.3 Å². The fourth-order valence-corrected chi connectivity index (χ4v) is 1.44. The number of rotatable bonds is 7. The first-order valence-corrected chi connectivity index (χ1v) is 6.03. The monoisotopic (exact) mass is 230 g/mol. The van der Waals surface area contributed by atoms with Crippen molar-refractivity contribution in [3.63, 3.8) is 0 Å². The molecule has 0 aliphatic rings. The third kappa shape index (κ3) is 6.80. The van der Waals surface area contributed by atoms with E-state index < -0.39 is 5.60 Å². The first-order chi connectivity index (χ1) is 7.28. The van der Waals surface area contributed by atoms with Gasteiger partial charge in [0.2, 0.25) is 5.91 Å². The molecule has 0 heterocycles. The molecule has 4 nitrogen and oxygen atoms in total. The van der Waals surface area contributed by atoms with Crippen LogP contribution >= 0.6 is 0 Å². The molecule has 4 N–H and O–H groups in total. The molecule has 16 heavy (non-hydrogen) atoms.